The Bertz CT molecular complexity index is 403. The van der Waals surface area contributed by atoms with Crippen molar-refractivity contribution in [3.05, 3.63) is 17.7 Å². The lowest BCUT2D eigenvalue weighted by Gasteiger charge is -2.20. The van der Waals surface area contributed by atoms with Crippen molar-refractivity contribution in [2.45, 2.75) is 0 Å². The summed E-state index contributed by atoms with van der Waals surface area (Å²) in [4.78, 5) is 10.9. The molecular weight excluding hydrogens is 198 g/mol. The van der Waals surface area contributed by atoms with Gasteiger partial charge in [0.05, 0.1) is 12.8 Å². The molecule has 0 aliphatic carbocycles. The van der Waals surface area contributed by atoms with Gasteiger partial charge in [0.15, 0.2) is 0 Å². The van der Waals surface area contributed by atoms with Crippen LogP contribution in [0.2, 0.25) is 0 Å². The van der Waals surface area contributed by atoms with E-state index in [0.717, 1.165) is 5.69 Å². The SMILES string of the molecule is COc1cc2c(cc1C(=O)O)OCCN2. The highest BCUT2D eigenvalue weighted by atomic mass is 16.5. The summed E-state index contributed by atoms with van der Waals surface area (Å²) in [6.45, 7) is 1.25. The van der Waals surface area contributed by atoms with Crippen LogP contribution in [0, 0.1) is 0 Å². The number of hydrogen-bond acceptors (Lipinski definition) is 4. The molecular formula is C10H11NO4. The molecule has 1 heterocycles. The van der Waals surface area contributed by atoms with Gasteiger partial charge in [-0.2, -0.15) is 0 Å². The fraction of sp³-hybridized carbons (Fsp3) is 0.300. The Kier molecular flexibility index (Phi) is 2.37. The summed E-state index contributed by atoms with van der Waals surface area (Å²) in [7, 11) is 1.44. The zero-order chi connectivity index (χ0) is 10.8. The molecule has 0 fully saturated rings. The topological polar surface area (TPSA) is 67.8 Å². The molecule has 1 aromatic rings. The third kappa shape index (κ3) is 1.68. The molecule has 1 aliphatic heterocycles. The van der Waals surface area contributed by atoms with Crippen LogP contribution in [0.1, 0.15) is 10.4 Å². The molecule has 0 aromatic heterocycles. The van der Waals surface area contributed by atoms with Gasteiger partial charge in [0.2, 0.25) is 0 Å². The van der Waals surface area contributed by atoms with Gasteiger partial charge in [0, 0.05) is 18.7 Å². The minimum atomic E-state index is -1.02. The first-order valence-corrected chi connectivity index (χ1v) is 4.54. The Morgan fingerprint density at radius 3 is 3.07 bits per heavy atom. The van der Waals surface area contributed by atoms with Gasteiger partial charge in [0.25, 0.3) is 0 Å². The van der Waals surface area contributed by atoms with Crippen LogP contribution in [-0.2, 0) is 0 Å². The normalized spacial score (nSPS) is 13.4. The molecule has 0 amide bonds. The third-order valence-corrected chi connectivity index (χ3v) is 2.21. The molecule has 15 heavy (non-hydrogen) atoms. The molecule has 0 radical (unpaired) electrons. The molecule has 80 valence electrons. The zero-order valence-electron chi connectivity index (χ0n) is 8.24. The molecule has 0 saturated carbocycles. The second-order valence-corrected chi connectivity index (χ2v) is 3.13. The molecule has 0 atom stereocenters. The van der Waals surface area contributed by atoms with Crippen molar-refractivity contribution in [1.82, 2.24) is 0 Å². The lowest BCUT2D eigenvalue weighted by atomic mass is 10.1. The first-order valence-electron chi connectivity index (χ1n) is 4.54. The van der Waals surface area contributed by atoms with Crippen molar-refractivity contribution in [3.63, 3.8) is 0 Å². The fourth-order valence-electron chi connectivity index (χ4n) is 1.50. The Morgan fingerprint density at radius 2 is 2.40 bits per heavy atom. The lowest BCUT2D eigenvalue weighted by Crippen LogP contribution is -2.18. The van der Waals surface area contributed by atoms with Crippen molar-refractivity contribution in [1.29, 1.82) is 0 Å². The maximum Gasteiger partial charge on any atom is 0.339 e. The van der Waals surface area contributed by atoms with Gasteiger partial charge >= 0.3 is 5.97 Å². The van der Waals surface area contributed by atoms with Crippen molar-refractivity contribution in [2.24, 2.45) is 0 Å². The van der Waals surface area contributed by atoms with Crippen LogP contribution in [0.15, 0.2) is 12.1 Å². The highest BCUT2D eigenvalue weighted by Gasteiger charge is 2.18. The van der Waals surface area contributed by atoms with Crippen molar-refractivity contribution in [3.8, 4) is 11.5 Å². The maximum absolute atomic E-state index is 10.9. The van der Waals surface area contributed by atoms with Gasteiger partial charge in [0.1, 0.15) is 23.7 Å². The molecule has 0 unspecified atom stereocenters. The summed E-state index contributed by atoms with van der Waals surface area (Å²) in [5.74, 6) is -0.137. The number of hydrogen-bond donors (Lipinski definition) is 2. The lowest BCUT2D eigenvalue weighted by molar-refractivity contribution is 0.0693. The van der Waals surface area contributed by atoms with E-state index in [2.05, 4.69) is 5.32 Å². The predicted octanol–water partition coefficient (Wildman–Crippen LogP) is 1.20. The van der Waals surface area contributed by atoms with E-state index in [0.29, 0.717) is 24.7 Å². The van der Waals surface area contributed by atoms with Crippen LogP contribution in [0.5, 0.6) is 11.5 Å². The first-order chi connectivity index (χ1) is 7.22. The smallest absolute Gasteiger partial charge is 0.339 e. The zero-order valence-corrected chi connectivity index (χ0v) is 8.24. The summed E-state index contributed by atoms with van der Waals surface area (Å²) in [5.41, 5.74) is 0.878. The minimum absolute atomic E-state index is 0.111. The largest absolute Gasteiger partial charge is 0.496 e. The Balaban J connectivity index is 2.51. The maximum atomic E-state index is 10.9. The average Bonchev–Trinajstić information content (AvgIpc) is 2.27. The molecule has 0 bridgehead atoms. The number of fused-ring (bicyclic) bond motifs is 1. The number of rotatable bonds is 2. The summed E-state index contributed by atoms with van der Waals surface area (Å²) >= 11 is 0. The number of carboxylic acid groups (broad SMARTS) is 1. The number of ether oxygens (including phenoxy) is 2. The molecule has 2 N–H and O–H groups in total. The Morgan fingerprint density at radius 1 is 1.60 bits per heavy atom. The van der Waals surface area contributed by atoms with Gasteiger partial charge in [-0.3, -0.25) is 0 Å². The van der Waals surface area contributed by atoms with E-state index in [-0.39, 0.29) is 5.56 Å². The van der Waals surface area contributed by atoms with E-state index in [1.54, 1.807) is 6.07 Å². The molecule has 2 rings (SSSR count). The molecule has 1 aromatic carbocycles. The molecule has 1 aliphatic rings. The van der Waals surface area contributed by atoms with Crippen molar-refractivity contribution >= 4 is 11.7 Å². The third-order valence-electron chi connectivity index (χ3n) is 2.21. The van der Waals surface area contributed by atoms with Crippen molar-refractivity contribution in [2.75, 3.05) is 25.6 Å². The van der Waals surface area contributed by atoms with E-state index < -0.39 is 5.97 Å². The number of carbonyl (C=O) groups is 1. The first kappa shape index (κ1) is 9.64. The second-order valence-electron chi connectivity index (χ2n) is 3.13. The van der Waals surface area contributed by atoms with E-state index in [1.165, 1.54) is 13.2 Å². The van der Waals surface area contributed by atoms with Crippen LogP contribution in [0.25, 0.3) is 0 Å². The minimum Gasteiger partial charge on any atom is -0.496 e. The number of carboxylic acids is 1. The summed E-state index contributed by atoms with van der Waals surface area (Å²) in [6.07, 6.45) is 0. The van der Waals surface area contributed by atoms with Crippen LogP contribution >= 0.6 is 0 Å². The Hall–Kier alpha value is -1.91. The average molecular weight is 209 g/mol. The summed E-state index contributed by atoms with van der Waals surface area (Å²) < 4.78 is 10.3. The molecule has 0 saturated heterocycles. The van der Waals surface area contributed by atoms with E-state index in [1.807, 2.05) is 0 Å². The standard InChI is InChI=1S/C10H11NO4/c1-14-8-5-7-9(15-3-2-11-7)4-6(8)10(12)13/h4-5,11H,2-3H2,1H3,(H,12,13). The highest BCUT2D eigenvalue weighted by Crippen LogP contribution is 2.34. The number of nitrogens with one attached hydrogen (secondary N) is 1. The van der Waals surface area contributed by atoms with Crippen LogP contribution in [-0.4, -0.2) is 31.3 Å². The van der Waals surface area contributed by atoms with E-state index in [9.17, 15) is 4.79 Å². The number of methoxy groups -OCH3 is 1. The number of benzene rings is 1. The van der Waals surface area contributed by atoms with E-state index >= 15 is 0 Å². The van der Waals surface area contributed by atoms with Gasteiger partial charge < -0.3 is 19.9 Å². The van der Waals surface area contributed by atoms with Gasteiger partial charge in [-0.05, 0) is 0 Å². The van der Waals surface area contributed by atoms with Crippen LogP contribution < -0.4 is 14.8 Å². The molecule has 5 heteroatoms. The molecule has 0 spiro atoms. The van der Waals surface area contributed by atoms with Crippen molar-refractivity contribution < 1.29 is 19.4 Å². The van der Waals surface area contributed by atoms with Crippen LogP contribution in [0.4, 0.5) is 5.69 Å². The van der Waals surface area contributed by atoms with E-state index in [4.69, 9.17) is 14.6 Å². The van der Waals surface area contributed by atoms with Gasteiger partial charge in [-0.25, -0.2) is 4.79 Å². The summed E-state index contributed by atoms with van der Waals surface area (Å²) in [6, 6.07) is 3.11. The Labute approximate surface area is 86.6 Å². The fourth-order valence-corrected chi connectivity index (χ4v) is 1.50. The summed E-state index contributed by atoms with van der Waals surface area (Å²) in [5, 5.41) is 12.0. The number of anilines is 1. The second kappa shape index (κ2) is 3.68. The highest BCUT2D eigenvalue weighted by molar-refractivity contribution is 5.92. The van der Waals surface area contributed by atoms with Gasteiger partial charge in [-0.15, -0.1) is 0 Å². The quantitative estimate of drug-likeness (QED) is 0.766. The van der Waals surface area contributed by atoms with Gasteiger partial charge in [-0.1, -0.05) is 0 Å². The predicted molar refractivity (Wildman–Crippen MR) is 53.9 cm³/mol. The monoisotopic (exact) mass is 209 g/mol. The van der Waals surface area contributed by atoms with Crippen LogP contribution in [0.3, 0.4) is 0 Å². The number of aromatic carboxylic acids is 1. The molecule has 5 nitrogen and oxygen atoms in total.